The van der Waals surface area contributed by atoms with Crippen LogP contribution in [0.15, 0.2) is 48.6 Å². The van der Waals surface area contributed by atoms with Crippen molar-refractivity contribution in [1.82, 2.24) is 0 Å². The van der Waals surface area contributed by atoms with Gasteiger partial charge in [0.15, 0.2) is 6.10 Å². The third kappa shape index (κ3) is 46.3. The Kier molecular flexibility index (Phi) is 45.9. The van der Waals surface area contributed by atoms with Gasteiger partial charge < -0.3 is 14.2 Å². The number of carbonyl (C=O) groups excluding carboxylic acids is 3. The number of allylic oxidation sites excluding steroid dienone is 8. The molecule has 0 unspecified atom stereocenters. The lowest BCUT2D eigenvalue weighted by Gasteiger charge is -2.18. The molecule has 0 radical (unpaired) electrons. The van der Waals surface area contributed by atoms with E-state index in [2.05, 4.69) is 69.4 Å². The lowest BCUT2D eigenvalue weighted by Crippen LogP contribution is -2.30. The van der Waals surface area contributed by atoms with Crippen LogP contribution in [0, 0.1) is 0 Å². The summed E-state index contributed by atoms with van der Waals surface area (Å²) in [7, 11) is 0. The van der Waals surface area contributed by atoms with Gasteiger partial charge in [0.2, 0.25) is 0 Å². The minimum absolute atomic E-state index is 0.0863. The van der Waals surface area contributed by atoms with E-state index in [9.17, 15) is 14.4 Å². The van der Waals surface area contributed by atoms with Gasteiger partial charge in [-0.2, -0.15) is 0 Å². The number of hydrogen-bond acceptors (Lipinski definition) is 6. The molecule has 59 heavy (non-hydrogen) atoms. The smallest absolute Gasteiger partial charge is 0.306 e. The summed E-state index contributed by atoms with van der Waals surface area (Å²) in [5.74, 6) is -0.921. The van der Waals surface area contributed by atoms with E-state index in [0.29, 0.717) is 19.3 Å². The zero-order valence-corrected chi connectivity index (χ0v) is 39.0. The van der Waals surface area contributed by atoms with Crippen molar-refractivity contribution in [2.75, 3.05) is 13.2 Å². The van der Waals surface area contributed by atoms with Crippen molar-refractivity contribution in [2.24, 2.45) is 0 Å². The summed E-state index contributed by atoms with van der Waals surface area (Å²) in [4.78, 5) is 37.9. The van der Waals surface area contributed by atoms with E-state index in [0.717, 1.165) is 77.0 Å². The third-order valence-corrected chi connectivity index (χ3v) is 10.8. The second-order valence-electron chi connectivity index (χ2n) is 16.7. The van der Waals surface area contributed by atoms with Crippen LogP contribution >= 0.6 is 0 Å². The van der Waals surface area contributed by atoms with Crippen molar-refractivity contribution in [3.05, 3.63) is 48.6 Å². The Bertz CT molecular complexity index is 1040. The van der Waals surface area contributed by atoms with E-state index >= 15 is 0 Å². The lowest BCUT2D eigenvalue weighted by molar-refractivity contribution is -0.167. The van der Waals surface area contributed by atoms with Crippen LogP contribution in [-0.2, 0) is 28.6 Å². The molecular formula is C53H94O6. The zero-order valence-electron chi connectivity index (χ0n) is 39.0. The Morgan fingerprint density at radius 3 is 1.03 bits per heavy atom. The highest BCUT2D eigenvalue weighted by molar-refractivity contribution is 5.71. The molecule has 0 spiro atoms. The number of unbranched alkanes of at least 4 members (excludes halogenated alkanes) is 26. The summed E-state index contributed by atoms with van der Waals surface area (Å²) in [5, 5.41) is 0. The first-order chi connectivity index (χ1) is 29.0. The summed E-state index contributed by atoms with van der Waals surface area (Å²) >= 11 is 0. The SMILES string of the molecule is CC/C=C\C/C=C\C/C=C\C/C=C\CCCCC(=O)O[C@@H](COC(=O)CCCCCCCCCCCCC)COC(=O)CCCCCCCCCCCCCCCCC. The maximum Gasteiger partial charge on any atom is 0.306 e. The van der Waals surface area contributed by atoms with Crippen LogP contribution < -0.4 is 0 Å². The molecule has 0 heterocycles. The standard InChI is InChI=1S/C53H94O6/c1-4-7-10-13-16-19-22-24-26-28-31-34-37-40-43-46-52(55)58-49-50(48-57-51(54)45-42-39-36-33-30-21-18-15-12-9-6-3)59-53(56)47-44-41-38-35-32-29-27-25-23-20-17-14-11-8-5-2/h8,11,17,20,25,27,32,35,50H,4-7,9-10,12-16,18-19,21-24,26,28-31,33-34,36-49H2,1-3H3/b11-8-,20-17-,27-25-,35-32-/t50-/m0/s1. The van der Waals surface area contributed by atoms with Gasteiger partial charge in [0, 0.05) is 19.3 Å². The van der Waals surface area contributed by atoms with Crippen molar-refractivity contribution < 1.29 is 28.6 Å². The Labute approximate surface area is 365 Å². The first-order valence-electron chi connectivity index (χ1n) is 25.1. The highest BCUT2D eigenvalue weighted by atomic mass is 16.6. The second-order valence-corrected chi connectivity index (χ2v) is 16.7. The van der Waals surface area contributed by atoms with Crippen LogP contribution in [0.1, 0.15) is 252 Å². The summed E-state index contributed by atoms with van der Waals surface area (Å²) in [6.45, 7) is 6.49. The molecule has 0 fully saturated rings. The molecule has 0 aliphatic heterocycles. The highest BCUT2D eigenvalue weighted by Gasteiger charge is 2.19. The first kappa shape index (κ1) is 56.4. The van der Waals surface area contributed by atoms with Gasteiger partial charge in [-0.15, -0.1) is 0 Å². The molecule has 0 bridgehead atoms. The number of esters is 3. The van der Waals surface area contributed by atoms with Gasteiger partial charge in [0.05, 0.1) is 0 Å². The number of ether oxygens (including phenoxy) is 3. The second kappa shape index (κ2) is 48.0. The Hall–Kier alpha value is -2.63. The van der Waals surface area contributed by atoms with Crippen LogP contribution in [0.25, 0.3) is 0 Å². The number of hydrogen-bond donors (Lipinski definition) is 0. The molecule has 0 aromatic carbocycles. The quantitative estimate of drug-likeness (QED) is 0.0263. The number of rotatable bonds is 45. The summed E-state index contributed by atoms with van der Waals surface area (Å²) in [6, 6.07) is 0. The Balaban J connectivity index is 4.41. The fourth-order valence-electron chi connectivity index (χ4n) is 7.08. The van der Waals surface area contributed by atoms with Crippen molar-refractivity contribution >= 4 is 17.9 Å². The maximum absolute atomic E-state index is 12.8. The molecule has 0 aliphatic carbocycles. The van der Waals surface area contributed by atoms with Crippen LogP contribution in [0.5, 0.6) is 0 Å². The topological polar surface area (TPSA) is 78.9 Å². The van der Waals surface area contributed by atoms with Crippen molar-refractivity contribution in [1.29, 1.82) is 0 Å². The van der Waals surface area contributed by atoms with Crippen molar-refractivity contribution in [2.45, 2.75) is 258 Å². The highest BCUT2D eigenvalue weighted by Crippen LogP contribution is 2.15. The van der Waals surface area contributed by atoms with E-state index in [4.69, 9.17) is 14.2 Å². The van der Waals surface area contributed by atoms with Crippen molar-refractivity contribution in [3.8, 4) is 0 Å². The summed E-state index contributed by atoms with van der Waals surface area (Å²) in [5.41, 5.74) is 0. The summed E-state index contributed by atoms with van der Waals surface area (Å²) < 4.78 is 16.7. The fourth-order valence-corrected chi connectivity index (χ4v) is 7.08. The number of carbonyl (C=O) groups is 3. The molecule has 0 aromatic heterocycles. The molecule has 1 atom stereocenters. The summed E-state index contributed by atoms with van der Waals surface area (Å²) in [6.07, 6.45) is 56.7. The van der Waals surface area contributed by atoms with E-state index < -0.39 is 6.10 Å². The predicted molar refractivity (Wildman–Crippen MR) is 252 cm³/mol. The van der Waals surface area contributed by atoms with Gasteiger partial charge in [-0.1, -0.05) is 223 Å². The van der Waals surface area contributed by atoms with E-state index in [1.165, 1.54) is 128 Å². The predicted octanol–water partition coefficient (Wildman–Crippen LogP) is 16.3. The largest absolute Gasteiger partial charge is 0.462 e. The van der Waals surface area contributed by atoms with Crippen LogP contribution in [-0.4, -0.2) is 37.2 Å². The molecular weight excluding hydrogens is 733 g/mol. The Morgan fingerprint density at radius 2 is 0.661 bits per heavy atom. The normalized spacial score (nSPS) is 12.4. The molecule has 342 valence electrons. The van der Waals surface area contributed by atoms with Gasteiger partial charge in [-0.05, 0) is 57.8 Å². The maximum atomic E-state index is 12.8. The average Bonchev–Trinajstić information content (AvgIpc) is 3.23. The van der Waals surface area contributed by atoms with Gasteiger partial charge in [0.1, 0.15) is 13.2 Å². The molecule has 6 heteroatoms. The van der Waals surface area contributed by atoms with Crippen LogP contribution in [0.4, 0.5) is 0 Å². The first-order valence-corrected chi connectivity index (χ1v) is 25.1. The van der Waals surface area contributed by atoms with Gasteiger partial charge >= 0.3 is 17.9 Å². The zero-order chi connectivity index (χ0) is 43.0. The monoisotopic (exact) mass is 827 g/mol. The van der Waals surface area contributed by atoms with Gasteiger partial charge in [0.25, 0.3) is 0 Å². The molecule has 0 amide bonds. The minimum Gasteiger partial charge on any atom is -0.462 e. The van der Waals surface area contributed by atoms with Crippen LogP contribution in [0.3, 0.4) is 0 Å². The molecule has 0 aliphatic rings. The minimum atomic E-state index is -0.789. The molecule has 0 aromatic rings. The average molecular weight is 827 g/mol. The third-order valence-electron chi connectivity index (χ3n) is 10.8. The van der Waals surface area contributed by atoms with Crippen molar-refractivity contribution in [3.63, 3.8) is 0 Å². The lowest BCUT2D eigenvalue weighted by atomic mass is 10.0. The van der Waals surface area contributed by atoms with E-state index in [-0.39, 0.29) is 37.5 Å². The molecule has 0 saturated carbocycles. The fraction of sp³-hybridized carbons (Fsp3) is 0.792. The van der Waals surface area contributed by atoms with E-state index in [1.807, 2.05) is 0 Å². The molecule has 0 N–H and O–H groups in total. The van der Waals surface area contributed by atoms with Crippen LogP contribution in [0.2, 0.25) is 0 Å². The molecule has 6 nitrogen and oxygen atoms in total. The van der Waals surface area contributed by atoms with Gasteiger partial charge in [-0.3, -0.25) is 14.4 Å². The van der Waals surface area contributed by atoms with E-state index in [1.54, 1.807) is 0 Å². The molecule has 0 rings (SSSR count). The Morgan fingerprint density at radius 1 is 0.356 bits per heavy atom. The molecule has 0 saturated heterocycles. The van der Waals surface area contributed by atoms with Gasteiger partial charge in [-0.25, -0.2) is 0 Å².